The van der Waals surface area contributed by atoms with E-state index in [1.807, 2.05) is 25.1 Å². The largest absolute Gasteiger partial charge is 0.384 e. The monoisotopic (exact) mass is 240 g/mol. The number of carbonyl (C=O) groups excluding carboxylic acids is 1. The van der Waals surface area contributed by atoms with Gasteiger partial charge in [-0.2, -0.15) is 0 Å². The van der Waals surface area contributed by atoms with Crippen molar-refractivity contribution in [2.24, 2.45) is 0 Å². The summed E-state index contributed by atoms with van der Waals surface area (Å²) in [7, 11) is 0.423. The van der Waals surface area contributed by atoms with Crippen LogP contribution in [0.4, 0.5) is 0 Å². The zero-order chi connectivity index (χ0) is 12.0. The highest BCUT2D eigenvalue weighted by Crippen LogP contribution is 2.08. The van der Waals surface area contributed by atoms with E-state index in [0.29, 0.717) is 17.9 Å². The smallest absolute Gasteiger partial charge is 0.175 e. The molecule has 0 aliphatic carbocycles. The van der Waals surface area contributed by atoms with Crippen molar-refractivity contribution in [1.82, 2.24) is 0 Å². The van der Waals surface area contributed by atoms with Gasteiger partial charge in [-0.3, -0.25) is 9.00 Å². The van der Waals surface area contributed by atoms with Crippen LogP contribution in [0.15, 0.2) is 24.3 Å². The molecule has 0 radical (unpaired) electrons. The van der Waals surface area contributed by atoms with E-state index < -0.39 is 10.8 Å². The molecular formula is C12H16O3S. The van der Waals surface area contributed by atoms with Gasteiger partial charge in [-0.25, -0.2) is 0 Å². The van der Waals surface area contributed by atoms with Gasteiger partial charge < -0.3 is 4.74 Å². The highest BCUT2D eigenvalue weighted by atomic mass is 32.2. The number of hydrogen-bond acceptors (Lipinski definition) is 3. The molecule has 0 N–H and O–H groups in total. The van der Waals surface area contributed by atoms with Crippen molar-refractivity contribution in [2.75, 3.05) is 25.2 Å². The highest BCUT2D eigenvalue weighted by molar-refractivity contribution is 7.85. The van der Waals surface area contributed by atoms with Gasteiger partial charge in [0.25, 0.3) is 0 Å². The summed E-state index contributed by atoms with van der Waals surface area (Å²) in [6, 6.07) is 7.35. The van der Waals surface area contributed by atoms with Gasteiger partial charge in [-0.15, -0.1) is 0 Å². The Morgan fingerprint density at radius 1 is 1.38 bits per heavy atom. The molecule has 0 saturated carbocycles. The average Bonchev–Trinajstić information content (AvgIpc) is 2.26. The van der Waals surface area contributed by atoms with Crippen LogP contribution in [0.3, 0.4) is 0 Å². The van der Waals surface area contributed by atoms with Crippen LogP contribution in [0.2, 0.25) is 0 Å². The third kappa shape index (κ3) is 3.87. The lowest BCUT2D eigenvalue weighted by molar-refractivity contribution is 0.102. The Bertz CT molecular complexity index is 388. The van der Waals surface area contributed by atoms with E-state index in [1.165, 1.54) is 0 Å². The van der Waals surface area contributed by atoms with Gasteiger partial charge in [-0.05, 0) is 12.5 Å². The van der Waals surface area contributed by atoms with Gasteiger partial charge in [0.1, 0.15) is 0 Å². The van der Waals surface area contributed by atoms with Crippen LogP contribution in [0.1, 0.15) is 15.9 Å². The second-order valence-corrected chi connectivity index (χ2v) is 5.10. The van der Waals surface area contributed by atoms with Gasteiger partial charge in [0.2, 0.25) is 0 Å². The summed E-state index contributed by atoms with van der Waals surface area (Å²) >= 11 is 0. The van der Waals surface area contributed by atoms with Crippen LogP contribution in [-0.2, 0) is 15.5 Å². The Morgan fingerprint density at radius 2 is 2.06 bits per heavy atom. The summed E-state index contributed by atoms with van der Waals surface area (Å²) in [5.74, 6) is 0.426. The minimum absolute atomic E-state index is 0.0625. The lowest BCUT2D eigenvalue weighted by atomic mass is 10.1. The summed E-state index contributed by atoms with van der Waals surface area (Å²) in [5.41, 5.74) is 1.59. The van der Waals surface area contributed by atoms with E-state index in [-0.39, 0.29) is 11.5 Å². The summed E-state index contributed by atoms with van der Waals surface area (Å²) < 4.78 is 16.3. The maximum Gasteiger partial charge on any atom is 0.175 e. The van der Waals surface area contributed by atoms with Gasteiger partial charge in [0.15, 0.2) is 5.78 Å². The first kappa shape index (κ1) is 13.1. The molecule has 0 heterocycles. The molecule has 1 aromatic carbocycles. The molecule has 4 heteroatoms. The number of ketones is 1. The van der Waals surface area contributed by atoms with Gasteiger partial charge in [0, 0.05) is 29.2 Å². The number of carbonyl (C=O) groups is 1. The van der Waals surface area contributed by atoms with Crippen molar-refractivity contribution < 1.29 is 13.7 Å². The number of benzene rings is 1. The van der Waals surface area contributed by atoms with E-state index in [2.05, 4.69) is 0 Å². The molecule has 0 saturated heterocycles. The minimum atomic E-state index is -1.13. The predicted octanol–water partition coefficient (Wildman–Crippen LogP) is 1.57. The Kier molecular flexibility index (Phi) is 5.35. The Balaban J connectivity index is 2.59. The maximum absolute atomic E-state index is 11.8. The molecular weight excluding hydrogens is 224 g/mol. The summed E-state index contributed by atoms with van der Waals surface area (Å²) in [4.78, 5) is 11.8. The maximum atomic E-state index is 11.8. The van der Waals surface area contributed by atoms with E-state index >= 15 is 0 Å². The second kappa shape index (κ2) is 6.55. The third-order valence-electron chi connectivity index (χ3n) is 2.25. The molecule has 0 spiro atoms. The van der Waals surface area contributed by atoms with Crippen molar-refractivity contribution in [1.29, 1.82) is 0 Å². The molecule has 0 fully saturated rings. The van der Waals surface area contributed by atoms with E-state index in [4.69, 9.17) is 4.74 Å². The first-order valence-electron chi connectivity index (χ1n) is 5.08. The molecule has 0 amide bonds. The molecule has 0 bridgehead atoms. The lowest BCUT2D eigenvalue weighted by Gasteiger charge is -2.04. The molecule has 88 valence electrons. The van der Waals surface area contributed by atoms with E-state index in [0.717, 1.165) is 5.56 Å². The zero-order valence-electron chi connectivity index (χ0n) is 9.56. The highest BCUT2D eigenvalue weighted by Gasteiger charge is 2.11. The number of Topliss-reactive ketones (excluding diaryl/α,β-unsaturated/α-hetero) is 1. The average molecular weight is 240 g/mol. The molecule has 1 unspecified atom stereocenters. The van der Waals surface area contributed by atoms with Gasteiger partial charge >= 0.3 is 0 Å². The second-order valence-electron chi connectivity index (χ2n) is 3.52. The summed E-state index contributed by atoms with van der Waals surface area (Å²) in [6.07, 6.45) is 0. The fourth-order valence-corrected chi connectivity index (χ4v) is 2.30. The standard InChI is InChI=1S/C12H16O3S/c1-10-5-3-4-6-11(10)12(13)9-16(14)8-7-15-2/h3-6H,7-9H2,1-2H3. The van der Waals surface area contributed by atoms with Crippen molar-refractivity contribution in [3.05, 3.63) is 35.4 Å². The number of hydrogen-bond donors (Lipinski definition) is 0. The number of ether oxygens (including phenoxy) is 1. The number of rotatable bonds is 6. The predicted molar refractivity (Wildman–Crippen MR) is 65.3 cm³/mol. The quantitative estimate of drug-likeness (QED) is 0.709. The number of aryl methyl sites for hydroxylation is 1. The minimum Gasteiger partial charge on any atom is -0.384 e. The normalized spacial score (nSPS) is 12.4. The van der Waals surface area contributed by atoms with Crippen molar-refractivity contribution in [3.8, 4) is 0 Å². The van der Waals surface area contributed by atoms with Crippen LogP contribution in [0.5, 0.6) is 0 Å². The molecule has 1 aromatic rings. The van der Waals surface area contributed by atoms with Gasteiger partial charge in [-0.1, -0.05) is 24.3 Å². The first-order chi connectivity index (χ1) is 7.65. The molecule has 0 aliphatic rings. The Hall–Kier alpha value is -1.00. The van der Waals surface area contributed by atoms with Crippen LogP contribution in [-0.4, -0.2) is 35.2 Å². The fraction of sp³-hybridized carbons (Fsp3) is 0.417. The van der Waals surface area contributed by atoms with E-state index in [9.17, 15) is 9.00 Å². The van der Waals surface area contributed by atoms with Crippen molar-refractivity contribution in [3.63, 3.8) is 0 Å². The Morgan fingerprint density at radius 3 is 2.69 bits per heavy atom. The number of methoxy groups -OCH3 is 1. The zero-order valence-corrected chi connectivity index (χ0v) is 10.4. The fourth-order valence-electron chi connectivity index (χ4n) is 1.36. The van der Waals surface area contributed by atoms with Crippen molar-refractivity contribution in [2.45, 2.75) is 6.92 Å². The van der Waals surface area contributed by atoms with Crippen molar-refractivity contribution >= 4 is 16.6 Å². The van der Waals surface area contributed by atoms with E-state index in [1.54, 1.807) is 13.2 Å². The summed E-state index contributed by atoms with van der Waals surface area (Å²) in [6.45, 7) is 2.30. The molecule has 1 atom stereocenters. The Labute approximate surface area is 98.3 Å². The van der Waals surface area contributed by atoms with Crippen LogP contribution < -0.4 is 0 Å². The first-order valence-corrected chi connectivity index (χ1v) is 6.56. The van der Waals surface area contributed by atoms with Crippen LogP contribution in [0, 0.1) is 6.92 Å². The van der Waals surface area contributed by atoms with Crippen LogP contribution in [0.25, 0.3) is 0 Å². The SMILES string of the molecule is COCCS(=O)CC(=O)c1ccccc1C. The molecule has 1 rings (SSSR count). The molecule has 0 aromatic heterocycles. The lowest BCUT2D eigenvalue weighted by Crippen LogP contribution is -2.16. The summed E-state index contributed by atoms with van der Waals surface area (Å²) in [5, 5.41) is 0. The topological polar surface area (TPSA) is 43.4 Å². The molecule has 0 aliphatic heterocycles. The van der Waals surface area contributed by atoms with Gasteiger partial charge in [0.05, 0.1) is 12.4 Å². The third-order valence-corrected chi connectivity index (χ3v) is 3.46. The van der Waals surface area contributed by atoms with Crippen LogP contribution >= 0.6 is 0 Å². The molecule has 3 nitrogen and oxygen atoms in total. The molecule has 16 heavy (non-hydrogen) atoms.